The third-order valence-corrected chi connectivity index (χ3v) is 5.33. The molecule has 0 spiro atoms. The molecule has 0 bridgehead atoms. The van der Waals surface area contributed by atoms with E-state index in [-0.39, 0.29) is 39.3 Å². The van der Waals surface area contributed by atoms with Gasteiger partial charge in [-0.15, -0.1) is 0 Å². The number of phenolic OH excluding ortho intramolecular Hbond substituents is 1. The van der Waals surface area contributed by atoms with Crippen molar-refractivity contribution in [3.8, 4) is 11.5 Å². The molecule has 6 nitrogen and oxygen atoms in total. The van der Waals surface area contributed by atoms with Gasteiger partial charge in [0.25, 0.3) is 0 Å². The van der Waals surface area contributed by atoms with E-state index in [1.165, 1.54) is 25.3 Å². The Morgan fingerprint density at radius 3 is 2.56 bits per heavy atom. The predicted octanol–water partition coefficient (Wildman–Crippen LogP) is 5.61. The number of phenols is 1. The van der Waals surface area contributed by atoms with Crippen LogP contribution in [0.5, 0.6) is 11.5 Å². The van der Waals surface area contributed by atoms with Gasteiger partial charge < -0.3 is 19.7 Å². The zero-order valence-corrected chi connectivity index (χ0v) is 17.8. The lowest BCUT2D eigenvalue weighted by atomic mass is 10.1. The predicted molar refractivity (Wildman–Crippen MR) is 115 cm³/mol. The number of hydrogen-bond donors (Lipinski definition) is 2. The van der Waals surface area contributed by atoms with Crippen LogP contribution < -0.4 is 4.74 Å². The van der Waals surface area contributed by atoms with Crippen molar-refractivity contribution >= 4 is 34.5 Å². The summed E-state index contributed by atoms with van der Waals surface area (Å²) in [6.07, 6.45) is -3.15. The van der Waals surface area contributed by atoms with Crippen molar-refractivity contribution in [1.29, 1.82) is 0 Å². The minimum absolute atomic E-state index is 0.0207. The zero-order chi connectivity index (χ0) is 23.5. The summed E-state index contributed by atoms with van der Waals surface area (Å²) in [5.74, 6) is -1.31. The smallest absolute Gasteiger partial charge is 0.416 e. The normalized spacial score (nSPS) is 16.7. The van der Waals surface area contributed by atoms with Gasteiger partial charge in [-0.25, -0.2) is 9.79 Å². The molecular weight excluding hydrogens is 447 g/mol. The molecule has 0 amide bonds. The second kappa shape index (κ2) is 9.39. The molecule has 2 aromatic carbocycles. The molecule has 0 saturated heterocycles. The van der Waals surface area contributed by atoms with E-state index < -0.39 is 23.5 Å². The van der Waals surface area contributed by atoms with Crippen LogP contribution in [0.15, 0.2) is 63.7 Å². The number of thioether (sulfide) groups is 1. The average molecular weight is 465 g/mol. The van der Waals surface area contributed by atoms with Crippen molar-refractivity contribution in [2.24, 2.45) is 4.99 Å². The van der Waals surface area contributed by atoms with Crippen LogP contribution >= 0.6 is 11.8 Å². The summed E-state index contributed by atoms with van der Waals surface area (Å²) < 4.78 is 49.1. The molecule has 2 aromatic rings. The van der Waals surface area contributed by atoms with E-state index in [4.69, 9.17) is 9.47 Å². The van der Waals surface area contributed by atoms with Crippen LogP contribution in [0.25, 0.3) is 6.08 Å². The van der Waals surface area contributed by atoms with E-state index in [9.17, 15) is 28.2 Å². The quantitative estimate of drug-likeness (QED) is 0.558. The number of aliphatic imine (C=N–C) groups is 1. The topological polar surface area (TPSA) is 88.4 Å². The highest BCUT2D eigenvalue weighted by molar-refractivity contribution is 8.18. The summed E-state index contributed by atoms with van der Waals surface area (Å²) in [6.45, 7) is 1.60. The van der Waals surface area contributed by atoms with Gasteiger partial charge in [0.15, 0.2) is 11.5 Å². The number of para-hydroxylation sites is 1. The van der Waals surface area contributed by atoms with Crippen LogP contribution in [0.2, 0.25) is 0 Å². The van der Waals surface area contributed by atoms with Crippen molar-refractivity contribution in [3.05, 3.63) is 69.8 Å². The number of rotatable bonds is 5. The second-order valence-corrected chi connectivity index (χ2v) is 7.45. The van der Waals surface area contributed by atoms with Gasteiger partial charge in [0.1, 0.15) is 16.4 Å². The number of methoxy groups -OCH3 is 1. The number of benzene rings is 2. The molecule has 0 aromatic heterocycles. The van der Waals surface area contributed by atoms with Gasteiger partial charge in [-0.3, -0.25) is 0 Å². The molecule has 168 valence electrons. The molecule has 10 heteroatoms. The van der Waals surface area contributed by atoms with Gasteiger partial charge in [0.05, 0.1) is 29.9 Å². The first-order valence-electron chi connectivity index (χ1n) is 9.28. The highest BCUT2D eigenvalue weighted by Crippen LogP contribution is 2.42. The van der Waals surface area contributed by atoms with Gasteiger partial charge >= 0.3 is 12.1 Å². The Morgan fingerprint density at radius 2 is 1.91 bits per heavy atom. The lowest BCUT2D eigenvalue weighted by Gasteiger charge is -2.07. The molecule has 1 heterocycles. The Bertz CT molecular complexity index is 1140. The van der Waals surface area contributed by atoms with Crippen molar-refractivity contribution in [2.75, 3.05) is 13.7 Å². The molecule has 1 aliphatic heterocycles. The summed E-state index contributed by atoms with van der Waals surface area (Å²) >= 11 is 0.859. The van der Waals surface area contributed by atoms with Gasteiger partial charge in [0, 0.05) is 5.56 Å². The summed E-state index contributed by atoms with van der Waals surface area (Å²) in [7, 11) is 1.38. The fourth-order valence-electron chi connectivity index (χ4n) is 2.82. The van der Waals surface area contributed by atoms with Crippen molar-refractivity contribution in [3.63, 3.8) is 0 Å². The maximum absolute atomic E-state index is 13.0. The summed E-state index contributed by atoms with van der Waals surface area (Å²) in [6, 6.07) is 9.00. The van der Waals surface area contributed by atoms with Crippen LogP contribution in [0.4, 0.5) is 18.9 Å². The second-order valence-electron chi connectivity index (χ2n) is 6.42. The highest BCUT2D eigenvalue weighted by atomic mass is 32.2. The minimum atomic E-state index is -4.56. The first-order valence-corrected chi connectivity index (χ1v) is 10.1. The van der Waals surface area contributed by atoms with E-state index in [2.05, 4.69) is 4.99 Å². The van der Waals surface area contributed by atoms with Gasteiger partial charge in [-0.1, -0.05) is 30.0 Å². The Hall–Kier alpha value is -3.40. The molecule has 0 atom stereocenters. The van der Waals surface area contributed by atoms with Gasteiger partial charge in [-0.05, 0) is 37.3 Å². The lowest BCUT2D eigenvalue weighted by molar-refractivity contribution is -0.138. The Labute approximate surface area is 185 Å². The number of carbonyl (C=O) groups excluding carboxylic acids is 1. The number of nitrogens with zero attached hydrogens (tertiary/aromatic N) is 1. The Balaban J connectivity index is 2.09. The maximum atomic E-state index is 13.0. The van der Waals surface area contributed by atoms with E-state index in [1.807, 2.05) is 0 Å². The summed E-state index contributed by atoms with van der Waals surface area (Å²) in [4.78, 5) is 16.7. The third kappa shape index (κ3) is 4.91. The van der Waals surface area contributed by atoms with Crippen molar-refractivity contribution in [1.82, 2.24) is 0 Å². The molecule has 0 fully saturated rings. The fourth-order valence-corrected chi connectivity index (χ4v) is 3.85. The number of aromatic hydroxyl groups is 1. The fraction of sp³-hybridized carbons (Fsp3) is 0.182. The van der Waals surface area contributed by atoms with Gasteiger partial charge in [-0.2, -0.15) is 13.2 Å². The summed E-state index contributed by atoms with van der Waals surface area (Å²) in [5.41, 5.74) is -0.933. The number of carbonyl (C=O) groups is 1. The lowest BCUT2D eigenvalue weighted by Crippen LogP contribution is -2.13. The average Bonchev–Trinajstić information content (AvgIpc) is 3.04. The monoisotopic (exact) mass is 465 g/mol. The molecule has 0 saturated carbocycles. The number of aliphatic hydroxyl groups excluding tert-OH is 1. The van der Waals surface area contributed by atoms with Crippen LogP contribution in [0.3, 0.4) is 0 Å². The van der Waals surface area contributed by atoms with E-state index in [1.54, 1.807) is 25.1 Å². The molecule has 1 aliphatic rings. The minimum Gasteiger partial charge on any atom is -0.506 e. The summed E-state index contributed by atoms with van der Waals surface area (Å²) in [5, 5.41) is 20.9. The molecule has 0 radical (unpaired) electrons. The molecule has 32 heavy (non-hydrogen) atoms. The highest BCUT2D eigenvalue weighted by Gasteiger charge is 2.34. The zero-order valence-electron chi connectivity index (χ0n) is 16.9. The number of ether oxygens (including phenoxy) is 2. The SMILES string of the molecule is CCOC(=O)C1=C(O)/C(=C\c2cccc(OC)c2O)SC1=Nc1cccc(C(F)(F)F)c1. The molecule has 0 unspecified atom stereocenters. The van der Waals surface area contributed by atoms with E-state index in [0.29, 0.717) is 5.56 Å². The van der Waals surface area contributed by atoms with E-state index in [0.717, 1.165) is 23.9 Å². The van der Waals surface area contributed by atoms with Crippen LogP contribution in [0, 0.1) is 0 Å². The number of aliphatic hydroxyl groups is 1. The van der Waals surface area contributed by atoms with E-state index >= 15 is 0 Å². The molecule has 3 rings (SSSR count). The maximum Gasteiger partial charge on any atom is 0.416 e. The number of esters is 1. The molecule has 0 aliphatic carbocycles. The number of alkyl halides is 3. The Kier molecular flexibility index (Phi) is 6.83. The van der Waals surface area contributed by atoms with Crippen molar-refractivity contribution in [2.45, 2.75) is 13.1 Å². The first-order chi connectivity index (χ1) is 15.2. The van der Waals surface area contributed by atoms with Crippen LogP contribution in [-0.2, 0) is 15.7 Å². The Morgan fingerprint density at radius 1 is 1.19 bits per heavy atom. The number of hydrogen-bond acceptors (Lipinski definition) is 7. The molecule has 2 N–H and O–H groups in total. The third-order valence-electron chi connectivity index (χ3n) is 4.31. The first kappa shape index (κ1) is 23.3. The molecular formula is C22H18F3NO5S. The largest absolute Gasteiger partial charge is 0.506 e. The number of halogens is 3. The van der Waals surface area contributed by atoms with Crippen LogP contribution in [-0.4, -0.2) is 34.9 Å². The van der Waals surface area contributed by atoms with Crippen LogP contribution in [0.1, 0.15) is 18.1 Å². The standard InChI is InChI=1S/C22H18F3NO5S/c1-3-31-21(29)17-19(28)16(10-12-6-4-9-15(30-2)18(12)27)32-20(17)26-14-8-5-7-13(11-14)22(23,24)25/h4-11,27-28H,3H2,1-2H3/b16-10+,26-20?. The van der Waals surface area contributed by atoms with Gasteiger partial charge in [0.2, 0.25) is 0 Å². The van der Waals surface area contributed by atoms with Crippen molar-refractivity contribution < 1.29 is 37.7 Å².